The van der Waals surface area contributed by atoms with Crippen LogP contribution in [0.3, 0.4) is 0 Å². The van der Waals surface area contributed by atoms with Crippen molar-refractivity contribution in [1.82, 2.24) is 15.4 Å². The number of aromatic nitrogens is 1. The monoisotopic (exact) mass is 451 g/mol. The maximum Gasteiger partial charge on any atom is 0.242 e. The number of nitrogens with one attached hydrogen (secondary N) is 1. The van der Waals surface area contributed by atoms with Gasteiger partial charge in [0.25, 0.3) is 0 Å². The summed E-state index contributed by atoms with van der Waals surface area (Å²) >= 11 is 0. The first-order valence-electron chi connectivity index (χ1n) is 12.6. The van der Waals surface area contributed by atoms with E-state index < -0.39 is 6.04 Å². The van der Waals surface area contributed by atoms with Crippen molar-refractivity contribution in [3.8, 4) is 11.3 Å². The van der Waals surface area contributed by atoms with Crippen LogP contribution in [0.1, 0.15) is 81.5 Å². The number of carbonyl (C=O) groups is 2. The number of hydrogen-bond acceptors (Lipinski definition) is 4. The van der Waals surface area contributed by atoms with Crippen LogP contribution in [0.2, 0.25) is 0 Å². The van der Waals surface area contributed by atoms with E-state index in [0.29, 0.717) is 11.5 Å². The number of nitrogens with zero attached hydrogens (tertiary/aromatic N) is 2. The third kappa shape index (κ3) is 5.66. The molecule has 0 saturated heterocycles. The average molecular weight is 452 g/mol. The molecule has 2 aliphatic rings. The molecule has 1 atom stereocenters. The Labute approximate surface area is 197 Å². The second-order valence-electron chi connectivity index (χ2n) is 9.92. The summed E-state index contributed by atoms with van der Waals surface area (Å²) < 4.78 is 5.57. The summed E-state index contributed by atoms with van der Waals surface area (Å²) in [7, 11) is 0. The molecule has 0 bridgehead atoms. The molecule has 0 radical (unpaired) electrons. The number of hydrogen-bond donors (Lipinski definition) is 1. The lowest BCUT2D eigenvalue weighted by molar-refractivity contribution is -0.143. The van der Waals surface area contributed by atoms with E-state index in [1.165, 1.54) is 30.4 Å². The second kappa shape index (κ2) is 10.5. The van der Waals surface area contributed by atoms with E-state index in [4.69, 9.17) is 4.52 Å². The average Bonchev–Trinajstić information content (AvgIpc) is 3.49. The fraction of sp³-hybridized carbons (Fsp3) is 0.593. The molecule has 178 valence electrons. The molecule has 2 aromatic rings. The van der Waals surface area contributed by atoms with E-state index in [-0.39, 0.29) is 30.3 Å². The Morgan fingerprint density at radius 1 is 1.03 bits per heavy atom. The molecule has 33 heavy (non-hydrogen) atoms. The van der Waals surface area contributed by atoms with Gasteiger partial charge in [0.1, 0.15) is 6.04 Å². The highest BCUT2D eigenvalue weighted by Gasteiger charge is 2.34. The predicted octanol–water partition coefficient (Wildman–Crippen LogP) is 5.11. The van der Waals surface area contributed by atoms with Gasteiger partial charge in [-0.3, -0.25) is 9.59 Å². The highest BCUT2D eigenvalue weighted by atomic mass is 16.5. The van der Waals surface area contributed by atoms with Gasteiger partial charge < -0.3 is 14.7 Å². The number of carbonyl (C=O) groups excluding carboxylic acids is 2. The van der Waals surface area contributed by atoms with E-state index in [2.05, 4.69) is 36.5 Å². The van der Waals surface area contributed by atoms with Crippen molar-refractivity contribution in [2.75, 3.05) is 0 Å². The van der Waals surface area contributed by atoms with Gasteiger partial charge in [0.05, 0.1) is 12.1 Å². The Kier molecular flexibility index (Phi) is 7.51. The van der Waals surface area contributed by atoms with Gasteiger partial charge in [-0.15, -0.1) is 0 Å². The lowest BCUT2D eigenvalue weighted by Crippen LogP contribution is -2.54. The molecule has 6 heteroatoms. The Morgan fingerprint density at radius 3 is 2.42 bits per heavy atom. The van der Waals surface area contributed by atoms with Gasteiger partial charge >= 0.3 is 0 Å². The van der Waals surface area contributed by atoms with Crippen LogP contribution in [0.25, 0.3) is 11.3 Å². The van der Waals surface area contributed by atoms with Crippen LogP contribution < -0.4 is 5.32 Å². The van der Waals surface area contributed by atoms with Gasteiger partial charge in [-0.05, 0) is 63.6 Å². The van der Waals surface area contributed by atoms with Crippen LogP contribution in [0.15, 0.2) is 28.8 Å². The summed E-state index contributed by atoms with van der Waals surface area (Å²) in [5.74, 6) is 0.588. The van der Waals surface area contributed by atoms with Crippen LogP contribution in [0, 0.1) is 13.8 Å². The van der Waals surface area contributed by atoms with Crippen molar-refractivity contribution in [2.45, 2.75) is 103 Å². The summed E-state index contributed by atoms with van der Waals surface area (Å²) in [5, 5.41) is 7.36. The molecular weight excluding hydrogens is 414 g/mol. The summed E-state index contributed by atoms with van der Waals surface area (Å²) in [4.78, 5) is 28.4. The van der Waals surface area contributed by atoms with E-state index >= 15 is 0 Å². The van der Waals surface area contributed by atoms with Gasteiger partial charge in [0.15, 0.2) is 5.76 Å². The molecule has 2 saturated carbocycles. The van der Waals surface area contributed by atoms with E-state index in [1.807, 2.05) is 24.0 Å². The third-order valence-corrected chi connectivity index (χ3v) is 7.44. The molecule has 2 amide bonds. The first kappa shape index (κ1) is 23.5. The van der Waals surface area contributed by atoms with Crippen molar-refractivity contribution >= 4 is 11.8 Å². The quantitative estimate of drug-likeness (QED) is 0.635. The van der Waals surface area contributed by atoms with Crippen molar-refractivity contribution in [1.29, 1.82) is 0 Å². The van der Waals surface area contributed by atoms with Crippen LogP contribution in [0.4, 0.5) is 0 Å². The normalized spacial score (nSPS) is 18.3. The molecule has 2 aliphatic carbocycles. The summed E-state index contributed by atoms with van der Waals surface area (Å²) in [6.45, 7) is 6.02. The Balaban J connectivity index is 1.48. The lowest BCUT2D eigenvalue weighted by atomic mass is 9.92. The minimum Gasteiger partial charge on any atom is -0.356 e. The highest BCUT2D eigenvalue weighted by Crippen LogP contribution is 2.27. The predicted molar refractivity (Wildman–Crippen MR) is 129 cm³/mol. The van der Waals surface area contributed by atoms with Crippen LogP contribution in [-0.4, -0.2) is 40.0 Å². The topological polar surface area (TPSA) is 75.4 Å². The summed E-state index contributed by atoms with van der Waals surface area (Å²) in [6.07, 6.45) is 9.87. The van der Waals surface area contributed by atoms with Crippen LogP contribution >= 0.6 is 0 Å². The zero-order valence-corrected chi connectivity index (χ0v) is 20.2. The molecule has 0 aliphatic heterocycles. The molecule has 4 rings (SSSR count). The lowest BCUT2D eigenvalue weighted by Gasteiger charge is -2.38. The maximum absolute atomic E-state index is 13.5. The number of rotatable bonds is 7. The molecule has 0 spiro atoms. The highest BCUT2D eigenvalue weighted by molar-refractivity contribution is 5.88. The molecular formula is C27H37N3O3. The molecule has 1 unspecified atom stereocenters. The number of benzene rings is 1. The Hall–Kier alpha value is -2.63. The Morgan fingerprint density at radius 2 is 1.73 bits per heavy atom. The SMILES string of the molecule is Cc1ccc(-c2cc(CC(=O)N(C3CCCCC3)C(C)C(=O)NC3CCCC3)no2)cc1C. The van der Waals surface area contributed by atoms with Gasteiger partial charge in [-0.2, -0.15) is 0 Å². The first-order chi connectivity index (χ1) is 15.9. The van der Waals surface area contributed by atoms with Crippen molar-refractivity contribution in [3.63, 3.8) is 0 Å². The van der Waals surface area contributed by atoms with Crippen LogP contribution in [0.5, 0.6) is 0 Å². The van der Waals surface area contributed by atoms with Gasteiger partial charge in [-0.25, -0.2) is 0 Å². The van der Waals surface area contributed by atoms with Gasteiger partial charge in [0, 0.05) is 23.7 Å². The molecule has 1 N–H and O–H groups in total. The first-order valence-corrected chi connectivity index (χ1v) is 12.6. The fourth-order valence-electron chi connectivity index (χ4n) is 5.29. The van der Waals surface area contributed by atoms with Gasteiger partial charge in [0.2, 0.25) is 11.8 Å². The van der Waals surface area contributed by atoms with E-state index in [0.717, 1.165) is 44.1 Å². The molecule has 1 aromatic carbocycles. The van der Waals surface area contributed by atoms with E-state index in [1.54, 1.807) is 0 Å². The Bertz CT molecular complexity index is 971. The zero-order valence-electron chi connectivity index (χ0n) is 20.2. The number of amides is 2. The largest absolute Gasteiger partial charge is 0.356 e. The van der Waals surface area contributed by atoms with Gasteiger partial charge in [-0.1, -0.05) is 49.4 Å². The molecule has 2 fully saturated rings. The second-order valence-corrected chi connectivity index (χ2v) is 9.92. The van der Waals surface area contributed by atoms with Crippen molar-refractivity contribution < 1.29 is 14.1 Å². The summed E-state index contributed by atoms with van der Waals surface area (Å²) in [6, 6.07) is 7.88. The third-order valence-electron chi connectivity index (χ3n) is 7.44. The molecule has 6 nitrogen and oxygen atoms in total. The number of aryl methyl sites for hydroxylation is 2. The molecule has 1 heterocycles. The smallest absolute Gasteiger partial charge is 0.242 e. The van der Waals surface area contributed by atoms with Crippen molar-refractivity contribution in [3.05, 3.63) is 41.1 Å². The maximum atomic E-state index is 13.5. The van der Waals surface area contributed by atoms with Crippen LogP contribution in [-0.2, 0) is 16.0 Å². The fourth-order valence-corrected chi connectivity index (χ4v) is 5.29. The van der Waals surface area contributed by atoms with E-state index in [9.17, 15) is 9.59 Å². The standard InChI is InChI=1S/C27H37N3O3/c1-18-13-14-21(15-19(18)2)25-16-23(29-33-25)17-26(31)30(24-11-5-4-6-12-24)20(3)27(32)28-22-9-7-8-10-22/h13-16,20,22,24H,4-12,17H2,1-3H3,(H,28,32). The summed E-state index contributed by atoms with van der Waals surface area (Å²) in [5.41, 5.74) is 3.98. The zero-order chi connectivity index (χ0) is 23.4. The molecule has 1 aromatic heterocycles. The minimum atomic E-state index is -0.479. The minimum absolute atomic E-state index is 0.0307. The van der Waals surface area contributed by atoms with Crippen molar-refractivity contribution in [2.24, 2.45) is 0 Å².